The minimum absolute atomic E-state index is 0.915. The van der Waals surface area contributed by atoms with Crippen LogP contribution in [0, 0.1) is 0 Å². The van der Waals surface area contributed by atoms with Gasteiger partial charge in [-0.2, -0.15) is 0 Å². The van der Waals surface area contributed by atoms with E-state index < -0.39 is 16.1 Å². The topological polar surface area (TPSA) is 36.4 Å². The van der Waals surface area contributed by atoms with E-state index in [4.69, 9.17) is 0 Å². The molecule has 0 aliphatic carbocycles. The molecule has 302 valence electrons. The van der Waals surface area contributed by atoms with Gasteiger partial charge in [0, 0.05) is 0 Å². The Labute approximate surface area is 337 Å². The number of unbranched alkanes of at least 4 members (excludes halogenated alkanes) is 8. The van der Waals surface area contributed by atoms with Crippen LogP contribution in [0.15, 0.2) is 47.5 Å². The van der Waals surface area contributed by atoms with Crippen LogP contribution in [0.5, 0.6) is 0 Å². The third-order valence-corrected chi connectivity index (χ3v) is 24.7. The van der Waals surface area contributed by atoms with E-state index in [2.05, 4.69) is 116 Å². The Morgan fingerprint density at radius 1 is 0.481 bits per heavy atom. The van der Waals surface area contributed by atoms with E-state index in [0.717, 1.165) is 50.5 Å². The zero-order valence-electron chi connectivity index (χ0n) is 37.3. The monoisotopic (exact) mass is 769 g/mol. The minimum atomic E-state index is -1.43. The summed E-state index contributed by atoms with van der Waals surface area (Å²) in [6, 6.07) is 26.1. The predicted molar refractivity (Wildman–Crippen MR) is 248 cm³/mol. The minimum Gasteiger partial charge on any atom is -0.348 e. The Balaban J connectivity index is 3.14. The van der Waals surface area contributed by atoms with E-state index in [1.54, 1.807) is 11.1 Å². The molecule has 0 unspecified atom stereocenters. The number of allylic oxidation sites excluding steroid dienone is 2. The van der Waals surface area contributed by atoms with Crippen molar-refractivity contribution in [2.75, 3.05) is 0 Å². The van der Waals surface area contributed by atoms with Crippen molar-refractivity contribution in [2.45, 2.75) is 220 Å². The maximum absolute atomic E-state index is 10.2. The molecule has 0 amide bonds. The van der Waals surface area contributed by atoms with Crippen LogP contribution in [0.25, 0.3) is 11.1 Å². The molecule has 54 heavy (non-hydrogen) atoms. The molecule has 0 saturated heterocycles. The molecule has 2 nitrogen and oxygen atoms in total. The van der Waals surface area contributed by atoms with Gasteiger partial charge in [0.25, 0.3) is 0 Å². The normalized spacial score (nSPS) is 12.4. The Morgan fingerprint density at radius 2 is 0.889 bits per heavy atom. The van der Waals surface area contributed by atoms with Gasteiger partial charge in [0.05, 0.1) is 21.7 Å². The SMILES string of the molecule is CCCCCCCCC(=C=[N+]=[N-])C(CCCC)=C(c1cc(CCCC)cc(CCCC)c1)c1cc(C[Si](CC)(CC)CC)cc(C[Si](CC)(CC)CC)c1. The van der Waals surface area contributed by atoms with Crippen LogP contribution in [0.3, 0.4) is 0 Å². The summed E-state index contributed by atoms with van der Waals surface area (Å²) in [5.41, 5.74) is 22.9. The summed E-state index contributed by atoms with van der Waals surface area (Å²) in [4.78, 5) is 3.67. The molecule has 0 heterocycles. The fraction of sp³-hybridized carbons (Fsp3) is 0.680. The first-order valence-corrected chi connectivity index (χ1v) is 28.8. The van der Waals surface area contributed by atoms with Crippen molar-refractivity contribution in [1.82, 2.24) is 0 Å². The second-order valence-corrected chi connectivity index (χ2v) is 27.9. The molecule has 0 saturated carbocycles. The molecule has 0 radical (unpaired) electrons. The van der Waals surface area contributed by atoms with E-state index in [-0.39, 0.29) is 0 Å². The second-order valence-electron chi connectivity index (χ2n) is 16.9. The van der Waals surface area contributed by atoms with Crippen LogP contribution in [0.2, 0.25) is 36.3 Å². The molecular weight excluding hydrogens is 685 g/mol. The van der Waals surface area contributed by atoms with Gasteiger partial charge in [0.15, 0.2) is 0 Å². The van der Waals surface area contributed by atoms with Gasteiger partial charge in [0.1, 0.15) is 0 Å². The lowest BCUT2D eigenvalue weighted by molar-refractivity contribution is 0.00739. The maximum atomic E-state index is 10.2. The summed E-state index contributed by atoms with van der Waals surface area (Å²) < 4.78 is 0. The van der Waals surface area contributed by atoms with Crippen LogP contribution in [0.1, 0.15) is 193 Å². The van der Waals surface area contributed by atoms with Crippen molar-refractivity contribution in [2.24, 2.45) is 0 Å². The number of nitrogens with zero attached hydrogens (tertiary/aromatic N) is 2. The standard InChI is InChI=1S/C50H84N2Si2/c1-11-21-25-26-27-28-31-46(39-52-51)49(32-24-14-4)50(47-35-42(29-22-12-2)33-43(36-47)30-23-13-3)48-37-44(40-53(15-5,16-6)17-7)34-45(38-48)41-54(18-8,19-9)20-10/h33-38H,11-32,40-41H2,1-10H3. The summed E-state index contributed by atoms with van der Waals surface area (Å²) in [5.74, 6) is 3.23. The quantitative estimate of drug-likeness (QED) is 0.0197. The van der Waals surface area contributed by atoms with Gasteiger partial charge in [-0.05, 0) is 108 Å². The summed E-state index contributed by atoms with van der Waals surface area (Å²) in [7, 11) is -2.87. The third kappa shape index (κ3) is 15.0. The first-order chi connectivity index (χ1) is 26.2. The highest BCUT2D eigenvalue weighted by molar-refractivity contribution is 6.79. The highest BCUT2D eigenvalue weighted by atomic mass is 28.3. The molecule has 0 aliphatic rings. The van der Waals surface area contributed by atoms with Crippen LogP contribution >= 0.6 is 0 Å². The zero-order valence-corrected chi connectivity index (χ0v) is 39.3. The first-order valence-electron chi connectivity index (χ1n) is 23.2. The van der Waals surface area contributed by atoms with Gasteiger partial charge in [0.2, 0.25) is 0 Å². The van der Waals surface area contributed by atoms with Crippen molar-refractivity contribution < 1.29 is 4.79 Å². The molecule has 2 aromatic carbocycles. The lowest BCUT2D eigenvalue weighted by atomic mass is 9.83. The van der Waals surface area contributed by atoms with E-state index in [1.807, 2.05) is 0 Å². The fourth-order valence-corrected chi connectivity index (χ4v) is 15.5. The third-order valence-electron chi connectivity index (χ3n) is 13.4. The average Bonchev–Trinajstić information content (AvgIpc) is 3.19. The van der Waals surface area contributed by atoms with Crippen LogP contribution in [-0.2, 0) is 24.9 Å². The van der Waals surface area contributed by atoms with Gasteiger partial charge < -0.3 is 5.53 Å². The van der Waals surface area contributed by atoms with Crippen LogP contribution < -0.4 is 0 Å². The second kappa shape index (κ2) is 26.6. The number of rotatable bonds is 29. The van der Waals surface area contributed by atoms with Crippen molar-refractivity contribution >= 4 is 27.6 Å². The molecule has 0 spiro atoms. The van der Waals surface area contributed by atoms with Gasteiger partial charge >= 0.3 is 5.87 Å². The van der Waals surface area contributed by atoms with E-state index in [9.17, 15) is 5.53 Å². The van der Waals surface area contributed by atoms with Gasteiger partial charge in [-0.25, -0.2) is 0 Å². The molecule has 0 aromatic heterocycles. The lowest BCUT2D eigenvalue weighted by Gasteiger charge is -2.31. The van der Waals surface area contributed by atoms with Crippen molar-refractivity contribution in [1.29, 1.82) is 0 Å². The smallest absolute Gasteiger partial charge is 0.303 e. The van der Waals surface area contributed by atoms with Gasteiger partial charge in [-0.15, -0.1) is 4.79 Å². The molecule has 2 rings (SSSR count). The number of benzene rings is 2. The Bertz CT molecular complexity index is 1400. The van der Waals surface area contributed by atoms with E-state index >= 15 is 0 Å². The largest absolute Gasteiger partial charge is 0.348 e. The van der Waals surface area contributed by atoms with Crippen molar-refractivity contribution in [3.8, 4) is 0 Å². The summed E-state index contributed by atoms with van der Waals surface area (Å²) in [5, 5.41) is 0. The molecule has 2 aromatic rings. The molecule has 4 heteroatoms. The van der Waals surface area contributed by atoms with Crippen LogP contribution in [0.4, 0.5) is 0 Å². The molecule has 0 atom stereocenters. The number of hydrogen-bond donors (Lipinski definition) is 0. The molecule has 0 aliphatic heterocycles. The summed E-state index contributed by atoms with van der Waals surface area (Å²) >= 11 is 0. The summed E-state index contributed by atoms with van der Waals surface area (Å²) in [6.07, 6.45) is 18.8. The number of hydrogen-bond acceptors (Lipinski definition) is 0. The fourth-order valence-electron chi connectivity index (χ4n) is 8.90. The molecule has 0 fully saturated rings. The van der Waals surface area contributed by atoms with Crippen LogP contribution in [-0.4, -0.2) is 26.8 Å². The highest BCUT2D eigenvalue weighted by Crippen LogP contribution is 2.39. The highest BCUT2D eigenvalue weighted by Gasteiger charge is 2.30. The average molecular weight is 769 g/mol. The van der Waals surface area contributed by atoms with Gasteiger partial charge in [-0.3, -0.25) is 0 Å². The predicted octanol–water partition coefficient (Wildman–Crippen LogP) is 16.1. The van der Waals surface area contributed by atoms with Crippen molar-refractivity contribution in [3.63, 3.8) is 0 Å². The Kier molecular flexibility index (Phi) is 23.6. The lowest BCUT2D eigenvalue weighted by Crippen LogP contribution is -2.36. The first kappa shape index (κ1) is 47.9. The Hall–Kier alpha value is -2.23. The van der Waals surface area contributed by atoms with Gasteiger partial charge in [-0.1, -0.05) is 193 Å². The molecule has 0 bridgehead atoms. The Morgan fingerprint density at radius 3 is 1.31 bits per heavy atom. The summed E-state index contributed by atoms with van der Waals surface area (Å²) in [6.45, 7) is 24.0. The zero-order chi connectivity index (χ0) is 39.8. The molecular formula is C50H84N2Si2. The van der Waals surface area contributed by atoms with E-state index in [1.165, 1.54) is 140 Å². The molecule has 0 N–H and O–H groups in total. The van der Waals surface area contributed by atoms with Crippen molar-refractivity contribution in [3.05, 3.63) is 86.5 Å². The number of aryl methyl sites for hydroxylation is 2. The maximum Gasteiger partial charge on any atom is 0.303 e. The van der Waals surface area contributed by atoms with E-state index in [0.29, 0.717) is 0 Å².